The Bertz CT molecular complexity index is 474. The maximum absolute atomic E-state index is 3.50. The summed E-state index contributed by atoms with van der Waals surface area (Å²) in [7, 11) is 0. The van der Waals surface area contributed by atoms with Crippen LogP contribution in [0.4, 0.5) is 0 Å². The van der Waals surface area contributed by atoms with Crippen LogP contribution in [0.1, 0.15) is 11.1 Å². The minimum atomic E-state index is -0.334. The van der Waals surface area contributed by atoms with Crippen LogP contribution in [-0.4, -0.2) is 0 Å². The molecule has 0 amide bonds. The van der Waals surface area contributed by atoms with Crippen molar-refractivity contribution in [2.24, 2.45) is 0 Å². The highest BCUT2D eigenvalue weighted by Gasteiger charge is 2.21. The molecule has 1 heterocycles. The summed E-state index contributed by atoms with van der Waals surface area (Å²) in [6.45, 7) is 0.890. The molecule has 2 aromatic rings. The van der Waals surface area contributed by atoms with E-state index in [1.807, 2.05) is 6.07 Å². The standard InChI is InChI=1S/C13H11Br3N/c14-13(15,16)12-6-8-17(9-7-12)10-11-4-2-1-3-5-11/h1-9H,10H2/q+1. The van der Waals surface area contributed by atoms with Gasteiger partial charge in [0.05, 0.1) is 0 Å². The van der Waals surface area contributed by atoms with Crippen molar-refractivity contribution in [1.82, 2.24) is 0 Å². The zero-order chi connectivity index (χ0) is 12.3. The molecule has 0 unspecified atom stereocenters. The lowest BCUT2D eigenvalue weighted by atomic mass is 10.2. The Kier molecular flexibility index (Phi) is 4.39. The molecule has 0 spiro atoms. The van der Waals surface area contributed by atoms with Gasteiger partial charge in [-0.1, -0.05) is 78.1 Å². The summed E-state index contributed by atoms with van der Waals surface area (Å²) in [5.74, 6) is 0. The highest BCUT2D eigenvalue weighted by atomic mass is 80.0. The molecule has 1 aromatic carbocycles. The molecular weight excluding hydrogens is 410 g/mol. The van der Waals surface area contributed by atoms with Gasteiger partial charge in [-0.25, -0.2) is 4.57 Å². The molecular formula is C13H11Br3N+. The summed E-state index contributed by atoms with van der Waals surface area (Å²) < 4.78 is 1.82. The van der Waals surface area contributed by atoms with Crippen LogP contribution in [0.25, 0.3) is 0 Å². The SMILES string of the molecule is BrC(Br)(Br)c1cc[n+](Cc2ccccc2)cc1. The van der Waals surface area contributed by atoms with E-state index < -0.39 is 0 Å². The van der Waals surface area contributed by atoms with Crippen LogP contribution < -0.4 is 4.57 Å². The molecule has 0 aliphatic carbocycles. The van der Waals surface area contributed by atoms with Gasteiger partial charge in [-0.3, -0.25) is 0 Å². The van der Waals surface area contributed by atoms with Gasteiger partial charge >= 0.3 is 0 Å². The number of halogens is 3. The van der Waals surface area contributed by atoms with E-state index in [0.29, 0.717) is 0 Å². The Labute approximate surface area is 126 Å². The third-order valence-electron chi connectivity index (χ3n) is 2.43. The number of alkyl halides is 3. The minimum absolute atomic E-state index is 0.334. The number of hydrogen-bond acceptors (Lipinski definition) is 0. The fourth-order valence-electron chi connectivity index (χ4n) is 1.55. The first-order valence-corrected chi connectivity index (χ1v) is 7.54. The number of benzene rings is 1. The summed E-state index contributed by atoms with van der Waals surface area (Å²) in [5, 5.41) is 0. The molecule has 0 bridgehead atoms. The molecule has 4 heteroatoms. The number of aromatic nitrogens is 1. The smallest absolute Gasteiger partial charge is 0.173 e. The second-order valence-electron chi connectivity index (χ2n) is 3.74. The van der Waals surface area contributed by atoms with E-state index in [-0.39, 0.29) is 2.14 Å². The molecule has 1 nitrogen and oxygen atoms in total. The van der Waals surface area contributed by atoms with Gasteiger partial charge in [-0.05, 0) is 0 Å². The van der Waals surface area contributed by atoms with Crippen LogP contribution in [0.15, 0.2) is 54.9 Å². The fourth-order valence-corrected chi connectivity index (χ4v) is 2.34. The molecule has 0 saturated carbocycles. The summed E-state index contributed by atoms with van der Waals surface area (Å²) in [6, 6.07) is 14.6. The first-order valence-electron chi connectivity index (χ1n) is 5.16. The largest absolute Gasteiger partial charge is 0.201 e. The molecule has 0 aliphatic heterocycles. The van der Waals surface area contributed by atoms with Crippen molar-refractivity contribution in [3.05, 3.63) is 66.0 Å². The van der Waals surface area contributed by atoms with Crippen LogP contribution in [0.2, 0.25) is 0 Å². The first kappa shape index (κ1) is 13.2. The lowest BCUT2D eigenvalue weighted by molar-refractivity contribution is -0.688. The van der Waals surface area contributed by atoms with Crippen molar-refractivity contribution in [3.8, 4) is 0 Å². The van der Waals surface area contributed by atoms with E-state index in [1.165, 1.54) is 5.56 Å². The first-order chi connectivity index (χ1) is 8.05. The molecule has 2 rings (SSSR count). The van der Waals surface area contributed by atoms with Gasteiger partial charge in [0.1, 0.15) is 0 Å². The Balaban J connectivity index is 2.14. The fraction of sp³-hybridized carbons (Fsp3) is 0.154. The highest BCUT2D eigenvalue weighted by molar-refractivity contribution is 9.38. The van der Waals surface area contributed by atoms with Crippen LogP contribution in [0.3, 0.4) is 0 Å². The van der Waals surface area contributed by atoms with Gasteiger partial charge in [-0.15, -0.1) is 0 Å². The van der Waals surface area contributed by atoms with E-state index in [9.17, 15) is 0 Å². The summed E-state index contributed by atoms with van der Waals surface area (Å²) in [5.41, 5.74) is 2.43. The van der Waals surface area contributed by atoms with Gasteiger partial charge < -0.3 is 0 Å². The third kappa shape index (κ3) is 3.90. The lowest BCUT2D eigenvalue weighted by Gasteiger charge is -2.10. The van der Waals surface area contributed by atoms with Crippen LogP contribution >= 0.6 is 47.8 Å². The Morgan fingerprint density at radius 2 is 1.47 bits per heavy atom. The summed E-state index contributed by atoms with van der Waals surface area (Å²) in [6.07, 6.45) is 4.14. The molecule has 88 valence electrons. The minimum Gasteiger partial charge on any atom is -0.201 e. The second kappa shape index (κ2) is 5.63. The van der Waals surface area contributed by atoms with E-state index in [2.05, 4.69) is 101 Å². The molecule has 0 atom stereocenters. The van der Waals surface area contributed by atoms with Crippen LogP contribution in [-0.2, 0) is 8.69 Å². The quantitative estimate of drug-likeness (QED) is 0.503. The average Bonchev–Trinajstić information content (AvgIpc) is 2.30. The number of pyridine rings is 1. The number of rotatable bonds is 2. The van der Waals surface area contributed by atoms with Crippen molar-refractivity contribution in [2.45, 2.75) is 8.69 Å². The summed E-state index contributed by atoms with van der Waals surface area (Å²) in [4.78, 5) is 0. The molecule has 17 heavy (non-hydrogen) atoms. The normalized spacial score (nSPS) is 11.5. The van der Waals surface area contributed by atoms with Crippen molar-refractivity contribution < 1.29 is 4.57 Å². The average molecular weight is 421 g/mol. The monoisotopic (exact) mass is 418 g/mol. The van der Waals surface area contributed by atoms with E-state index in [0.717, 1.165) is 12.1 Å². The Morgan fingerprint density at radius 3 is 2.00 bits per heavy atom. The van der Waals surface area contributed by atoms with Gasteiger partial charge in [0.25, 0.3) is 0 Å². The van der Waals surface area contributed by atoms with E-state index >= 15 is 0 Å². The predicted octanol–water partition coefficient (Wildman–Crippen LogP) is 4.32. The zero-order valence-electron chi connectivity index (χ0n) is 8.98. The Morgan fingerprint density at radius 1 is 0.882 bits per heavy atom. The highest BCUT2D eigenvalue weighted by Crippen LogP contribution is 2.43. The van der Waals surface area contributed by atoms with Crippen LogP contribution in [0.5, 0.6) is 0 Å². The topological polar surface area (TPSA) is 3.88 Å². The van der Waals surface area contributed by atoms with E-state index in [1.54, 1.807) is 0 Å². The van der Waals surface area contributed by atoms with Crippen molar-refractivity contribution >= 4 is 47.8 Å². The van der Waals surface area contributed by atoms with Crippen LogP contribution in [0, 0.1) is 0 Å². The molecule has 0 saturated heterocycles. The van der Waals surface area contributed by atoms with Gasteiger partial charge in [-0.2, -0.15) is 0 Å². The molecule has 0 fully saturated rings. The van der Waals surface area contributed by atoms with Crippen molar-refractivity contribution in [2.75, 3.05) is 0 Å². The lowest BCUT2D eigenvalue weighted by Crippen LogP contribution is -2.33. The molecule has 1 aromatic heterocycles. The van der Waals surface area contributed by atoms with Gasteiger partial charge in [0, 0.05) is 23.3 Å². The summed E-state index contributed by atoms with van der Waals surface area (Å²) >= 11 is 10.5. The van der Waals surface area contributed by atoms with Gasteiger partial charge in [0.15, 0.2) is 21.1 Å². The Hall–Kier alpha value is -0.190. The molecule has 0 aliphatic rings. The van der Waals surface area contributed by atoms with Gasteiger partial charge in [0.2, 0.25) is 0 Å². The van der Waals surface area contributed by atoms with E-state index in [4.69, 9.17) is 0 Å². The second-order valence-corrected chi connectivity index (χ2v) is 10.5. The maximum atomic E-state index is 3.50. The van der Waals surface area contributed by atoms with Crippen molar-refractivity contribution in [3.63, 3.8) is 0 Å². The van der Waals surface area contributed by atoms with Crippen molar-refractivity contribution in [1.29, 1.82) is 0 Å². The number of nitrogens with zero attached hydrogens (tertiary/aromatic N) is 1. The zero-order valence-corrected chi connectivity index (χ0v) is 13.7. The molecule has 0 N–H and O–H groups in total. The maximum Gasteiger partial charge on any atom is 0.173 e. The predicted molar refractivity (Wildman–Crippen MR) is 80.6 cm³/mol. The third-order valence-corrected chi connectivity index (χ3v) is 3.80. The number of hydrogen-bond donors (Lipinski definition) is 0. The molecule has 0 radical (unpaired) electrons.